The average molecular weight is 1120 g/mol. The molecule has 448 valence electrons. The van der Waals surface area contributed by atoms with Crippen LogP contribution in [-0.4, -0.2) is 73.5 Å². The molecule has 0 saturated heterocycles. The van der Waals surface area contributed by atoms with Crippen molar-refractivity contribution in [3.8, 4) is 17.2 Å². The fraction of sp³-hybridized carbons (Fsp3) is 0.672. The Labute approximate surface area is 477 Å². The van der Waals surface area contributed by atoms with E-state index in [1.165, 1.54) is 135 Å². The first-order valence-corrected chi connectivity index (χ1v) is 30.2. The third-order valence-electron chi connectivity index (χ3n) is 14.4. The molecule has 16 heteroatoms. The summed E-state index contributed by atoms with van der Waals surface area (Å²) >= 11 is 0. The first-order chi connectivity index (χ1) is 38.8. The molecule has 0 atom stereocenters. The molecule has 0 aromatic heterocycles. The van der Waals surface area contributed by atoms with Crippen LogP contribution in [-0.2, 0) is 67.3 Å². The van der Waals surface area contributed by atoms with Crippen LogP contribution in [0.2, 0.25) is 0 Å². The molecule has 0 fully saturated rings. The lowest BCUT2D eigenvalue weighted by Gasteiger charge is -2.18. The van der Waals surface area contributed by atoms with Crippen LogP contribution < -0.4 is 14.2 Å². The third-order valence-corrected chi connectivity index (χ3v) is 14.4. The second-order valence-corrected chi connectivity index (χ2v) is 21.3. The minimum atomic E-state index is -1.11. The predicted octanol–water partition coefficient (Wildman–Crippen LogP) is 15.4. The molecule has 16 nitrogen and oxygen atoms in total. The van der Waals surface area contributed by atoms with Crippen molar-refractivity contribution in [3.63, 3.8) is 0 Å². The van der Waals surface area contributed by atoms with E-state index in [9.17, 15) is 33.6 Å². The van der Waals surface area contributed by atoms with E-state index in [0.29, 0.717) is 47.3 Å². The Morgan fingerprint density at radius 2 is 1.05 bits per heavy atom. The molecule has 1 N–H and O–H groups in total. The molecule has 0 bridgehead atoms. The van der Waals surface area contributed by atoms with Gasteiger partial charge in [0.25, 0.3) is 0 Å². The van der Waals surface area contributed by atoms with Crippen LogP contribution >= 0.6 is 0 Å². The van der Waals surface area contributed by atoms with E-state index in [4.69, 9.17) is 43.0 Å². The number of carboxylic acid groups (broad SMARTS) is 1. The monoisotopic (exact) mass is 1120 g/mol. The molecule has 2 aromatic carbocycles. The SMILES string of the molecule is CCCCCCCCCCCCCCCC(=O)OCC(COC(=O)CCCCCCCCCCCCCCC)OC(=O)CCC(=O)Oc1ccc(COC(=O)Oc2c(C/C=C(\C)CCC(=O)O)c(OC)c(C)c3c2C(=O)OC3)cc1. The number of fused-ring (bicyclic) bond motifs is 1. The van der Waals surface area contributed by atoms with E-state index in [2.05, 4.69) is 13.8 Å². The molecule has 1 heterocycles. The van der Waals surface area contributed by atoms with Gasteiger partial charge in [0.05, 0.1) is 20.0 Å². The fourth-order valence-corrected chi connectivity index (χ4v) is 9.55. The Morgan fingerprint density at radius 3 is 1.52 bits per heavy atom. The lowest BCUT2D eigenvalue weighted by molar-refractivity contribution is -0.167. The quantitative estimate of drug-likeness (QED) is 0.0163. The molecule has 0 spiro atoms. The molecule has 0 aliphatic carbocycles. The zero-order valence-electron chi connectivity index (χ0n) is 49.2. The molecular weight excluding hydrogens is 1020 g/mol. The number of hydrogen-bond acceptors (Lipinski definition) is 15. The van der Waals surface area contributed by atoms with Gasteiger partial charge < -0.3 is 43.0 Å². The summed E-state index contributed by atoms with van der Waals surface area (Å²) in [4.78, 5) is 88.5. The highest BCUT2D eigenvalue weighted by atomic mass is 16.7. The van der Waals surface area contributed by atoms with Crippen molar-refractivity contribution in [2.75, 3.05) is 20.3 Å². The van der Waals surface area contributed by atoms with Crippen molar-refractivity contribution in [1.29, 1.82) is 0 Å². The number of hydrogen-bond donors (Lipinski definition) is 1. The largest absolute Gasteiger partial charge is 0.514 e. The van der Waals surface area contributed by atoms with Gasteiger partial charge in [-0.3, -0.25) is 24.0 Å². The Hall–Kier alpha value is -5.93. The first-order valence-electron chi connectivity index (χ1n) is 30.2. The summed E-state index contributed by atoms with van der Waals surface area (Å²) in [5, 5.41) is 9.11. The molecule has 2 aromatic rings. The standard InChI is InChI=1S/C64H96O16/c1-6-8-10-12-14-16-18-20-22-24-26-28-30-32-56(67)74-45-52(46-75-57(68)33-31-29-27-25-23-21-19-17-15-13-11-9-7-2)79-59(70)43-42-58(69)78-51-38-36-50(37-39-51)44-77-64(72)80-62-53(40-34-48(3)35-41-55(65)66)61(73-5)49(4)54-47-76-63(71)60(54)62/h34,36-39,52H,6-33,35,40-47H2,1-5H3,(H,65,66)/b48-34+. The number of unbranched alkanes of at least 4 members (excludes halogenated alkanes) is 24. The van der Waals surface area contributed by atoms with Crippen LogP contribution in [0.25, 0.3) is 0 Å². The number of carbonyl (C=O) groups excluding carboxylic acids is 6. The third kappa shape index (κ3) is 29.5. The van der Waals surface area contributed by atoms with Gasteiger partial charge in [0, 0.05) is 30.4 Å². The number of rotatable bonds is 46. The zero-order chi connectivity index (χ0) is 58.2. The maximum atomic E-state index is 13.2. The van der Waals surface area contributed by atoms with Crippen LogP contribution in [0, 0.1) is 6.92 Å². The molecule has 80 heavy (non-hydrogen) atoms. The predicted molar refractivity (Wildman–Crippen MR) is 306 cm³/mol. The number of carboxylic acids is 1. The van der Waals surface area contributed by atoms with Gasteiger partial charge >= 0.3 is 42.0 Å². The number of ether oxygens (including phenoxy) is 8. The van der Waals surface area contributed by atoms with E-state index in [1.54, 1.807) is 32.1 Å². The summed E-state index contributed by atoms with van der Waals surface area (Å²) in [7, 11) is 1.45. The summed E-state index contributed by atoms with van der Waals surface area (Å²) in [6, 6.07) is 6.10. The minimum absolute atomic E-state index is 0.0343. The van der Waals surface area contributed by atoms with Gasteiger partial charge in [0.1, 0.15) is 43.5 Å². The van der Waals surface area contributed by atoms with Crippen LogP contribution in [0.5, 0.6) is 17.2 Å². The lowest BCUT2D eigenvalue weighted by atomic mass is 9.94. The number of allylic oxidation sites excluding steroid dienone is 2. The van der Waals surface area contributed by atoms with Crippen molar-refractivity contribution in [3.05, 3.63) is 63.7 Å². The molecule has 0 radical (unpaired) electrons. The Balaban J connectivity index is 1.46. The summed E-state index contributed by atoms with van der Waals surface area (Å²) < 4.78 is 44.1. The van der Waals surface area contributed by atoms with Crippen LogP contribution in [0.3, 0.4) is 0 Å². The van der Waals surface area contributed by atoms with Crippen molar-refractivity contribution in [2.45, 2.75) is 259 Å². The van der Waals surface area contributed by atoms with Gasteiger partial charge in [-0.25, -0.2) is 9.59 Å². The van der Waals surface area contributed by atoms with Crippen molar-refractivity contribution in [1.82, 2.24) is 0 Å². The van der Waals surface area contributed by atoms with Crippen molar-refractivity contribution < 1.29 is 76.6 Å². The van der Waals surface area contributed by atoms with Gasteiger partial charge in [-0.15, -0.1) is 0 Å². The molecule has 0 unspecified atom stereocenters. The zero-order valence-corrected chi connectivity index (χ0v) is 49.2. The summed E-state index contributed by atoms with van der Waals surface area (Å²) in [6.45, 7) is 7.16. The molecule has 0 saturated carbocycles. The highest BCUT2D eigenvalue weighted by molar-refractivity contribution is 5.99. The maximum absolute atomic E-state index is 13.2. The van der Waals surface area contributed by atoms with Gasteiger partial charge in [0.15, 0.2) is 11.9 Å². The van der Waals surface area contributed by atoms with Gasteiger partial charge in [-0.2, -0.15) is 0 Å². The fourth-order valence-electron chi connectivity index (χ4n) is 9.55. The van der Waals surface area contributed by atoms with E-state index < -0.39 is 48.1 Å². The lowest BCUT2D eigenvalue weighted by Crippen LogP contribution is -2.31. The minimum Gasteiger partial charge on any atom is -0.496 e. The number of methoxy groups -OCH3 is 1. The number of aliphatic carboxylic acids is 1. The van der Waals surface area contributed by atoms with E-state index in [1.807, 2.05) is 0 Å². The van der Waals surface area contributed by atoms with E-state index in [0.717, 1.165) is 44.1 Å². The summed E-state index contributed by atoms with van der Waals surface area (Å²) in [5.74, 6) is -3.45. The topological polar surface area (TPSA) is 214 Å². The second-order valence-electron chi connectivity index (χ2n) is 21.3. The van der Waals surface area contributed by atoms with Crippen LogP contribution in [0.15, 0.2) is 35.9 Å². The number of cyclic esters (lactones) is 1. The molecular formula is C64H96O16. The smallest absolute Gasteiger partial charge is 0.496 e. The van der Waals surface area contributed by atoms with Gasteiger partial charge in [-0.05, 0) is 62.8 Å². The Kier molecular flexibility index (Phi) is 35.9. The highest BCUT2D eigenvalue weighted by Crippen LogP contribution is 2.43. The van der Waals surface area contributed by atoms with Crippen molar-refractivity contribution >= 4 is 42.0 Å². The highest BCUT2D eigenvalue weighted by Gasteiger charge is 2.34. The normalized spacial score (nSPS) is 12.0. The van der Waals surface area contributed by atoms with E-state index in [-0.39, 0.29) is 82.0 Å². The first kappa shape index (κ1) is 68.3. The number of benzene rings is 2. The molecule has 1 aliphatic rings. The molecule has 3 rings (SSSR count). The molecule has 0 amide bonds. The second kappa shape index (κ2) is 42.0. The van der Waals surface area contributed by atoms with Crippen LogP contribution in [0.4, 0.5) is 4.79 Å². The Bertz CT molecular complexity index is 2150. The number of esters is 5. The Morgan fingerprint density at radius 1 is 0.575 bits per heavy atom. The van der Waals surface area contributed by atoms with Crippen LogP contribution in [0.1, 0.15) is 259 Å². The number of carbonyl (C=O) groups is 7. The van der Waals surface area contributed by atoms with Gasteiger partial charge in [-0.1, -0.05) is 192 Å². The van der Waals surface area contributed by atoms with Crippen molar-refractivity contribution in [2.24, 2.45) is 0 Å². The summed E-state index contributed by atoms with van der Waals surface area (Å²) in [5.41, 5.74) is 2.91. The van der Waals surface area contributed by atoms with E-state index >= 15 is 0 Å². The van der Waals surface area contributed by atoms with Gasteiger partial charge in [0.2, 0.25) is 0 Å². The maximum Gasteiger partial charge on any atom is 0.514 e. The average Bonchev–Trinajstić information content (AvgIpc) is 3.89. The molecule has 1 aliphatic heterocycles. The summed E-state index contributed by atoms with van der Waals surface area (Å²) in [6.07, 6.45) is 30.6.